The molecule has 1 fully saturated rings. The lowest BCUT2D eigenvalue weighted by Crippen LogP contribution is -2.29. The van der Waals surface area contributed by atoms with Gasteiger partial charge < -0.3 is 14.2 Å². The summed E-state index contributed by atoms with van der Waals surface area (Å²) >= 11 is 0. The van der Waals surface area contributed by atoms with E-state index in [0.717, 1.165) is 6.42 Å². The summed E-state index contributed by atoms with van der Waals surface area (Å²) in [7, 11) is 0. The number of hydrogen-bond donors (Lipinski definition) is 0. The highest BCUT2D eigenvalue weighted by molar-refractivity contribution is 5.86. The smallest absolute Gasteiger partial charge is 0.337 e. The summed E-state index contributed by atoms with van der Waals surface area (Å²) in [5, 5.41) is 0. The first-order chi connectivity index (χ1) is 5.70. The van der Waals surface area contributed by atoms with E-state index in [1.807, 2.05) is 0 Å². The first-order valence-electron chi connectivity index (χ1n) is 3.80. The molecule has 4 heteroatoms. The summed E-state index contributed by atoms with van der Waals surface area (Å²) < 4.78 is 14.8. The molecule has 68 valence electrons. The van der Waals surface area contributed by atoms with E-state index in [-0.39, 0.29) is 0 Å². The van der Waals surface area contributed by atoms with Gasteiger partial charge in [-0.1, -0.05) is 6.58 Å². The molecule has 0 N–H and O–H groups in total. The van der Waals surface area contributed by atoms with Gasteiger partial charge >= 0.3 is 12.4 Å². The maximum absolute atomic E-state index is 10.9. The molecule has 0 unspecified atom stereocenters. The van der Waals surface area contributed by atoms with Crippen molar-refractivity contribution in [2.24, 2.45) is 0 Å². The van der Waals surface area contributed by atoms with Crippen molar-refractivity contribution in [3.63, 3.8) is 0 Å². The molecule has 0 spiro atoms. The molecule has 1 saturated heterocycles. The van der Waals surface area contributed by atoms with Gasteiger partial charge in [0.2, 0.25) is 0 Å². The normalized spacial score (nSPS) is 18.8. The third-order valence-corrected chi connectivity index (χ3v) is 1.35. The molecule has 0 aliphatic carbocycles. The molecule has 0 saturated carbocycles. The van der Waals surface area contributed by atoms with E-state index in [1.165, 1.54) is 0 Å². The lowest BCUT2D eigenvalue weighted by molar-refractivity contribution is -0.294. The summed E-state index contributed by atoms with van der Waals surface area (Å²) in [6, 6.07) is 0. The molecule has 0 aromatic carbocycles. The fraction of sp³-hybridized carbons (Fsp3) is 0.625. The van der Waals surface area contributed by atoms with Crippen molar-refractivity contribution in [3.8, 4) is 0 Å². The monoisotopic (exact) mass is 172 g/mol. The predicted octanol–water partition coefficient (Wildman–Crippen LogP) is 0.826. The first kappa shape index (κ1) is 9.22. The molecule has 1 rings (SSSR count). The van der Waals surface area contributed by atoms with Gasteiger partial charge in [-0.2, -0.15) is 0 Å². The van der Waals surface area contributed by atoms with Gasteiger partial charge in [-0.15, -0.1) is 0 Å². The largest absolute Gasteiger partial charge is 0.407 e. The van der Waals surface area contributed by atoms with E-state index < -0.39 is 12.4 Å². The van der Waals surface area contributed by atoms with E-state index in [0.29, 0.717) is 18.8 Å². The van der Waals surface area contributed by atoms with Crippen LogP contribution in [0.4, 0.5) is 0 Å². The van der Waals surface area contributed by atoms with Crippen LogP contribution in [0, 0.1) is 0 Å². The lowest BCUT2D eigenvalue weighted by atomic mass is 10.4. The molecule has 1 aliphatic heterocycles. The van der Waals surface area contributed by atoms with E-state index in [4.69, 9.17) is 14.2 Å². The molecular formula is C8H12O4. The number of esters is 1. The Hall–Kier alpha value is -0.870. The second-order valence-corrected chi connectivity index (χ2v) is 2.57. The molecule has 12 heavy (non-hydrogen) atoms. The fourth-order valence-electron chi connectivity index (χ4n) is 0.722. The van der Waals surface area contributed by atoms with E-state index >= 15 is 0 Å². The zero-order chi connectivity index (χ0) is 8.97. The Labute approximate surface area is 71.1 Å². The SMILES string of the molecule is C=C(C)C(=O)OC1OCCCO1. The summed E-state index contributed by atoms with van der Waals surface area (Å²) in [5.74, 6) is -0.484. The average Bonchev–Trinajstić information content (AvgIpc) is 2.06. The zero-order valence-corrected chi connectivity index (χ0v) is 7.04. The van der Waals surface area contributed by atoms with Crippen LogP contribution in [0.15, 0.2) is 12.2 Å². The van der Waals surface area contributed by atoms with Crippen molar-refractivity contribution in [2.75, 3.05) is 13.2 Å². The van der Waals surface area contributed by atoms with Crippen LogP contribution >= 0.6 is 0 Å². The Morgan fingerprint density at radius 1 is 1.50 bits per heavy atom. The quantitative estimate of drug-likeness (QED) is 0.457. The Balaban J connectivity index is 2.29. The predicted molar refractivity (Wildman–Crippen MR) is 41.2 cm³/mol. The van der Waals surface area contributed by atoms with Crippen LogP contribution in [-0.2, 0) is 19.0 Å². The minimum Gasteiger partial charge on any atom is -0.407 e. The van der Waals surface area contributed by atoms with Crippen LogP contribution in [0.1, 0.15) is 13.3 Å². The number of carbonyl (C=O) groups is 1. The van der Waals surface area contributed by atoms with Gasteiger partial charge in [-0.25, -0.2) is 4.79 Å². The summed E-state index contributed by atoms with van der Waals surface area (Å²) in [4.78, 5) is 10.9. The first-order valence-corrected chi connectivity index (χ1v) is 3.80. The van der Waals surface area contributed by atoms with E-state index in [1.54, 1.807) is 6.92 Å². The molecule has 1 heterocycles. The van der Waals surface area contributed by atoms with Crippen LogP contribution in [0.3, 0.4) is 0 Å². The molecule has 4 nitrogen and oxygen atoms in total. The maximum Gasteiger partial charge on any atom is 0.337 e. The number of ether oxygens (including phenoxy) is 3. The molecular weight excluding hydrogens is 160 g/mol. The van der Waals surface area contributed by atoms with Gasteiger partial charge in [0.1, 0.15) is 0 Å². The van der Waals surface area contributed by atoms with Gasteiger partial charge in [0.05, 0.1) is 13.2 Å². The van der Waals surface area contributed by atoms with Crippen LogP contribution < -0.4 is 0 Å². The second-order valence-electron chi connectivity index (χ2n) is 2.57. The van der Waals surface area contributed by atoms with Crippen molar-refractivity contribution in [3.05, 3.63) is 12.2 Å². The highest BCUT2D eigenvalue weighted by Crippen LogP contribution is 2.07. The molecule has 0 aromatic rings. The van der Waals surface area contributed by atoms with Gasteiger partial charge in [-0.05, 0) is 13.3 Å². The Bertz CT molecular complexity index is 181. The van der Waals surface area contributed by atoms with E-state index in [2.05, 4.69) is 6.58 Å². The fourth-order valence-corrected chi connectivity index (χ4v) is 0.722. The van der Waals surface area contributed by atoms with Gasteiger partial charge in [0.25, 0.3) is 0 Å². The van der Waals surface area contributed by atoms with Crippen molar-refractivity contribution >= 4 is 5.97 Å². The van der Waals surface area contributed by atoms with Crippen LogP contribution in [0.2, 0.25) is 0 Å². The highest BCUT2D eigenvalue weighted by atomic mass is 16.9. The van der Waals surface area contributed by atoms with Gasteiger partial charge in [0, 0.05) is 5.57 Å². The minimum atomic E-state index is -0.844. The number of hydrogen-bond acceptors (Lipinski definition) is 4. The van der Waals surface area contributed by atoms with Crippen LogP contribution in [-0.4, -0.2) is 25.7 Å². The molecule has 0 aromatic heterocycles. The summed E-state index contributed by atoms with van der Waals surface area (Å²) in [6.45, 7) is 5.29. The number of carbonyl (C=O) groups excluding carboxylic acids is 1. The minimum absolute atomic E-state index is 0.341. The van der Waals surface area contributed by atoms with Crippen molar-refractivity contribution < 1.29 is 19.0 Å². The van der Waals surface area contributed by atoms with Gasteiger partial charge in [-0.3, -0.25) is 0 Å². The molecule has 0 atom stereocenters. The van der Waals surface area contributed by atoms with Gasteiger partial charge in [0.15, 0.2) is 0 Å². The molecule has 1 aliphatic rings. The molecule has 0 bridgehead atoms. The molecule has 0 amide bonds. The zero-order valence-electron chi connectivity index (χ0n) is 7.04. The highest BCUT2D eigenvalue weighted by Gasteiger charge is 2.18. The maximum atomic E-state index is 10.9. The Morgan fingerprint density at radius 2 is 2.08 bits per heavy atom. The lowest BCUT2D eigenvalue weighted by Gasteiger charge is -2.22. The standard InChI is InChI=1S/C8H12O4/c1-6(2)7(9)12-8-10-4-3-5-11-8/h8H,1,3-5H2,2H3. The van der Waals surface area contributed by atoms with Crippen molar-refractivity contribution in [1.29, 1.82) is 0 Å². The van der Waals surface area contributed by atoms with E-state index in [9.17, 15) is 4.79 Å². The molecule has 0 radical (unpaired) electrons. The van der Waals surface area contributed by atoms with Crippen LogP contribution in [0.5, 0.6) is 0 Å². The Kier molecular flexibility index (Phi) is 3.25. The number of rotatable bonds is 2. The third-order valence-electron chi connectivity index (χ3n) is 1.35. The summed E-state index contributed by atoms with van der Waals surface area (Å²) in [6.07, 6.45) is 0.834. The third kappa shape index (κ3) is 2.64. The van der Waals surface area contributed by atoms with Crippen LogP contribution in [0.25, 0.3) is 0 Å². The topological polar surface area (TPSA) is 44.8 Å². The second kappa shape index (κ2) is 4.23. The van der Waals surface area contributed by atoms with Crippen molar-refractivity contribution in [1.82, 2.24) is 0 Å². The average molecular weight is 172 g/mol. The van der Waals surface area contributed by atoms with Crippen molar-refractivity contribution in [2.45, 2.75) is 19.8 Å². The summed E-state index contributed by atoms with van der Waals surface area (Å²) in [5.41, 5.74) is 0.341. The Morgan fingerprint density at radius 3 is 2.58 bits per heavy atom.